The molecule has 1 atom stereocenters. The van der Waals surface area contributed by atoms with Gasteiger partial charge in [0.2, 0.25) is 0 Å². The van der Waals surface area contributed by atoms with Gasteiger partial charge in [-0.15, -0.1) is 11.6 Å². The van der Waals surface area contributed by atoms with Gasteiger partial charge >= 0.3 is 0 Å². The van der Waals surface area contributed by atoms with Crippen molar-refractivity contribution in [3.05, 3.63) is 30.1 Å². The van der Waals surface area contributed by atoms with Gasteiger partial charge in [-0.1, -0.05) is 12.1 Å². The van der Waals surface area contributed by atoms with Crippen LogP contribution in [0.2, 0.25) is 0 Å². The van der Waals surface area contributed by atoms with Crippen LogP contribution in [0.5, 0.6) is 0 Å². The molecular formula is C10H14ClN3O. The van der Waals surface area contributed by atoms with E-state index in [0.29, 0.717) is 11.7 Å². The summed E-state index contributed by atoms with van der Waals surface area (Å²) in [5, 5.41) is 3.81. The zero-order valence-electron chi connectivity index (χ0n) is 8.56. The van der Waals surface area contributed by atoms with Crippen molar-refractivity contribution in [1.29, 1.82) is 0 Å². The number of hydrogen-bond acceptors (Lipinski definition) is 3. The summed E-state index contributed by atoms with van der Waals surface area (Å²) in [4.78, 5) is 9.09. The molecule has 1 aromatic rings. The SMILES string of the molecule is CCC(CCl)O/N=C(\N)c1cccnc1. The number of oxime groups is 1. The van der Waals surface area contributed by atoms with Gasteiger partial charge in [-0.25, -0.2) is 0 Å². The minimum Gasteiger partial charge on any atom is -0.390 e. The quantitative estimate of drug-likeness (QED) is 0.361. The van der Waals surface area contributed by atoms with Crippen LogP contribution in [0.4, 0.5) is 0 Å². The Morgan fingerprint density at radius 2 is 2.53 bits per heavy atom. The minimum atomic E-state index is -0.0955. The summed E-state index contributed by atoms with van der Waals surface area (Å²) < 4.78 is 0. The number of nitrogens with zero attached hydrogens (tertiary/aromatic N) is 2. The van der Waals surface area contributed by atoms with Crippen LogP contribution in [0, 0.1) is 0 Å². The Hall–Kier alpha value is -1.29. The maximum absolute atomic E-state index is 5.69. The van der Waals surface area contributed by atoms with Crippen LogP contribution < -0.4 is 5.73 Å². The molecule has 0 aliphatic rings. The average Bonchev–Trinajstić information content (AvgIpc) is 2.31. The number of halogens is 1. The molecule has 82 valence electrons. The molecule has 0 aliphatic heterocycles. The predicted molar refractivity (Wildman–Crippen MR) is 60.8 cm³/mol. The Balaban J connectivity index is 2.60. The van der Waals surface area contributed by atoms with Gasteiger partial charge in [0.15, 0.2) is 5.84 Å². The van der Waals surface area contributed by atoms with Gasteiger partial charge in [0, 0.05) is 18.0 Å². The van der Waals surface area contributed by atoms with E-state index in [1.807, 2.05) is 13.0 Å². The smallest absolute Gasteiger partial charge is 0.171 e. The van der Waals surface area contributed by atoms with Crippen LogP contribution in [-0.4, -0.2) is 22.8 Å². The third-order valence-corrected chi connectivity index (χ3v) is 2.23. The van der Waals surface area contributed by atoms with E-state index in [9.17, 15) is 0 Å². The summed E-state index contributed by atoms with van der Waals surface area (Å²) in [5.41, 5.74) is 6.43. The van der Waals surface area contributed by atoms with Crippen LogP contribution in [0.25, 0.3) is 0 Å². The zero-order valence-corrected chi connectivity index (χ0v) is 9.31. The first-order chi connectivity index (χ1) is 7.27. The highest BCUT2D eigenvalue weighted by Crippen LogP contribution is 2.02. The predicted octanol–water partition coefficient (Wildman–Crippen LogP) is 1.74. The van der Waals surface area contributed by atoms with E-state index < -0.39 is 0 Å². The number of rotatable bonds is 5. The number of amidine groups is 1. The van der Waals surface area contributed by atoms with Crippen molar-refractivity contribution in [2.45, 2.75) is 19.4 Å². The third-order valence-electron chi connectivity index (χ3n) is 1.88. The summed E-state index contributed by atoms with van der Waals surface area (Å²) in [6.07, 6.45) is 4.00. The summed E-state index contributed by atoms with van der Waals surface area (Å²) >= 11 is 5.65. The molecule has 1 unspecified atom stereocenters. The highest BCUT2D eigenvalue weighted by Gasteiger charge is 2.05. The summed E-state index contributed by atoms with van der Waals surface area (Å²) in [5.74, 6) is 0.715. The molecule has 0 aromatic carbocycles. The summed E-state index contributed by atoms with van der Waals surface area (Å²) in [6.45, 7) is 1.98. The minimum absolute atomic E-state index is 0.0955. The molecular weight excluding hydrogens is 214 g/mol. The fraction of sp³-hybridized carbons (Fsp3) is 0.400. The van der Waals surface area contributed by atoms with E-state index >= 15 is 0 Å². The molecule has 0 aliphatic carbocycles. The maximum atomic E-state index is 5.69. The second kappa shape index (κ2) is 6.24. The van der Waals surface area contributed by atoms with Crippen molar-refractivity contribution in [3.8, 4) is 0 Å². The van der Waals surface area contributed by atoms with Crippen molar-refractivity contribution >= 4 is 17.4 Å². The Morgan fingerprint density at radius 3 is 3.07 bits per heavy atom. The molecule has 0 fully saturated rings. The van der Waals surface area contributed by atoms with E-state index in [2.05, 4.69) is 10.1 Å². The lowest BCUT2D eigenvalue weighted by atomic mass is 10.3. The lowest BCUT2D eigenvalue weighted by Gasteiger charge is -2.09. The topological polar surface area (TPSA) is 60.5 Å². The van der Waals surface area contributed by atoms with Gasteiger partial charge in [0.05, 0.1) is 5.88 Å². The number of pyridine rings is 1. The van der Waals surface area contributed by atoms with Gasteiger partial charge < -0.3 is 10.6 Å². The van der Waals surface area contributed by atoms with Crippen LogP contribution in [-0.2, 0) is 4.84 Å². The molecule has 0 saturated carbocycles. The molecule has 0 saturated heterocycles. The molecule has 1 heterocycles. The molecule has 0 bridgehead atoms. The molecule has 0 amide bonds. The third kappa shape index (κ3) is 3.75. The van der Waals surface area contributed by atoms with Crippen LogP contribution in [0.1, 0.15) is 18.9 Å². The second-order valence-corrected chi connectivity index (χ2v) is 3.32. The Bertz CT molecular complexity index is 312. The molecule has 5 heteroatoms. The Labute approximate surface area is 94.1 Å². The van der Waals surface area contributed by atoms with Crippen LogP contribution >= 0.6 is 11.6 Å². The summed E-state index contributed by atoms with van der Waals surface area (Å²) in [6, 6.07) is 3.60. The standard InChI is InChI=1S/C10H14ClN3O/c1-2-9(6-11)15-14-10(12)8-4-3-5-13-7-8/h3-5,7,9H,2,6H2,1H3,(H2,12,14). The molecule has 1 rings (SSSR count). The van der Waals surface area contributed by atoms with Gasteiger partial charge in [-0.2, -0.15) is 0 Å². The van der Waals surface area contributed by atoms with Gasteiger partial charge in [0.1, 0.15) is 6.10 Å². The van der Waals surface area contributed by atoms with E-state index in [1.165, 1.54) is 0 Å². The average molecular weight is 228 g/mol. The van der Waals surface area contributed by atoms with Crippen molar-refractivity contribution < 1.29 is 4.84 Å². The van der Waals surface area contributed by atoms with Gasteiger partial charge in [0.25, 0.3) is 0 Å². The van der Waals surface area contributed by atoms with E-state index in [1.54, 1.807) is 18.5 Å². The molecule has 0 spiro atoms. The summed E-state index contributed by atoms with van der Waals surface area (Å²) in [7, 11) is 0. The second-order valence-electron chi connectivity index (χ2n) is 3.01. The number of nitrogens with two attached hydrogens (primary N) is 1. The molecule has 1 aromatic heterocycles. The van der Waals surface area contributed by atoms with Gasteiger partial charge in [-0.3, -0.25) is 4.98 Å². The van der Waals surface area contributed by atoms with E-state index in [-0.39, 0.29) is 6.10 Å². The van der Waals surface area contributed by atoms with Crippen molar-refractivity contribution in [3.63, 3.8) is 0 Å². The molecule has 4 nitrogen and oxygen atoms in total. The zero-order chi connectivity index (χ0) is 11.1. The fourth-order valence-corrected chi connectivity index (χ4v) is 1.18. The first-order valence-electron chi connectivity index (χ1n) is 4.73. The van der Waals surface area contributed by atoms with Crippen molar-refractivity contribution in [1.82, 2.24) is 4.98 Å². The van der Waals surface area contributed by atoms with E-state index in [0.717, 1.165) is 12.0 Å². The molecule has 0 radical (unpaired) electrons. The highest BCUT2D eigenvalue weighted by atomic mass is 35.5. The maximum Gasteiger partial charge on any atom is 0.171 e. The lowest BCUT2D eigenvalue weighted by Crippen LogP contribution is -2.17. The highest BCUT2D eigenvalue weighted by molar-refractivity contribution is 6.18. The molecule has 15 heavy (non-hydrogen) atoms. The first-order valence-corrected chi connectivity index (χ1v) is 5.27. The Kier molecular flexibility index (Phi) is 4.90. The first kappa shape index (κ1) is 11.8. The number of aromatic nitrogens is 1. The monoisotopic (exact) mass is 227 g/mol. The Morgan fingerprint density at radius 1 is 1.73 bits per heavy atom. The van der Waals surface area contributed by atoms with Crippen LogP contribution in [0.15, 0.2) is 29.7 Å². The van der Waals surface area contributed by atoms with Crippen LogP contribution in [0.3, 0.4) is 0 Å². The fourth-order valence-electron chi connectivity index (χ4n) is 0.910. The number of hydrogen-bond donors (Lipinski definition) is 1. The van der Waals surface area contributed by atoms with Crippen molar-refractivity contribution in [2.24, 2.45) is 10.9 Å². The molecule has 2 N–H and O–H groups in total. The largest absolute Gasteiger partial charge is 0.390 e. The lowest BCUT2D eigenvalue weighted by molar-refractivity contribution is 0.0722. The number of alkyl halides is 1. The van der Waals surface area contributed by atoms with E-state index in [4.69, 9.17) is 22.2 Å². The normalized spacial score (nSPS) is 13.6. The van der Waals surface area contributed by atoms with Crippen molar-refractivity contribution in [2.75, 3.05) is 5.88 Å². The van der Waals surface area contributed by atoms with Gasteiger partial charge in [-0.05, 0) is 18.6 Å².